The van der Waals surface area contributed by atoms with Crippen LogP contribution >= 0.6 is 11.8 Å². The summed E-state index contributed by atoms with van der Waals surface area (Å²) in [7, 11) is 0. The molecule has 1 aromatic rings. The quantitative estimate of drug-likeness (QED) is 0.827. The number of thioether (sulfide) groups is 1. The lowest BCUT2D eigenvalue weighted by Crippen LogP contribution is -2.23. The van der Waals surface area contributed by atoms with E-state index in [1.54, 1.807) is 11.8 Å². The first-order chi connectivity index (χ1) is 8.72. The molecule has 2 rings (SSSR count). The number of nitrogens with zero attached hydrogens (tertiary/aromatic N) is 2. The van der Waals surface area contributed by atoms with Crippen LogP contribution in [0.15, 0.2) is 16.7 Å². The molecule has 0 saturated heterocycles. The van der Waals surface area contributed by atoms with Gasteiger partial charge in [0.15, 0.2) is 5.82 Å². The molecule has 0 fully saturated rings. The first-order valence-corrected chi connectivity index (χ1v) is 7.15. The minimum atomic E-state index is -0.799. The number of carboxylic acid groups (broad SMARTS) is 1. The maximum absolute atomic E-state index is 11.2. The fourth-order valence-electron chi connectivity index (χ4n) is 2.03. The van der Waals surface area contributed by atoms with Gasteiger partial charge in [0.25, 0.3) is 0 Å². The van der Waals surface area contributed by atoms with Gasteiger partial charge in [-0.15, -0.1) is 0 Å². The summed E-state index contributed by atoms with van der Waals surface area (Å²) in [5.41, 5.74) is 0. The Balaban J connectivity index is 2.11. The largest absolute Gasteiger partial charge is 0.481 e. The maximum atomic E-state index is 11.2. The molecular weight excluding hydrogens is 252 g/mol. The van der Waals surface area contributed by atoms with Crippen molar-refractivity contribution in [2.45, 2.75) is 31.4 Å². The Labute approximate surface area is 110 Å². The third-order valence-electron chi connectivity index (χ3n) is 2.99. The predicted octanol–water partition coefficient (Wildman–Crippen LogP) is 2.46. The molecule has 0 aromatic carbocycles. The topological polar surface area (TPSA) is 76.2 Å². The zero-order valence-corrected chi connectivity index (χ0v) is 11.0. The number of aromatic nitrogens is 2. The van der Waals surface area contributed by atoms with Crippen molar-refractivity contribution in [3.8, 4) is 0 Å². The van der Waals surface area contributed by atoms with E-state index in [0.29, 0.717) is 30.3 Å². The standard InChI is InChI=1S/C12H16N2O3S/c1-2-18-7-10-13-11(17-14-10)8-5-3-4-6-9(8)12(15)16/h3-4,8-9H,2,5-7H2,1H3,(H,15,16)/t8-,9+/m1/s1. The van der Waals surface area contributed by atoms with Gasteiger partial charge in [0.1, 0.15) is 0 Å². The molecule has 0 aliphatic heterocycles. The summed E-state index contributed by atoms with van der Waals surface area (Å²) < 4.78 is 5.21. The van der Waals surface area contributed by atoms with Gasteiger partial charge in [-0.1, -0.05) is 24.2 Å². The summed E-state index contributed by atoms with van der Waals surface area (Å²) in [6.45, 7) is 2.07. The van der Waals surface area contributed by atoms with Crippen molar-refractivity contribution < 1.29 is 14.4 Å². The summed E-state index contributed by atoms with van der Waals surface area (Å²) >= 11 is 1.71. The highest BCUT2D eigenvalue weighted by Gasteiger charge is 2.33. The van der Waals surface area contributed by atoms with E-state index in [1.807, 2.05) is 12.2 Å². The van der Waals surface area contributed by atoms with Gasteiger partial charge < -0.3 is 9.63 Å². The van der Waals surface area contributed by atoms with Gasteiger partial charge in [0.2, 0.25) is 5.89 Å². The Kier molecular flexibility index (Phi) is 4.41. The lowest BCUT2D eigenvalue weighted by atomic mass is 9.83. The molecular formula is C12H16N2O3S. The third-order valence-corrected chi connectivity index (χ3v) is 3.86. The van der Waals surface area contributed by atoms with Gasteiger partial charge in [-0.05, 0) is 18.6 Å². The van der Waals surface area contributed by atoms with Crippen LogP contribution < -0.4 is 0 Å². The highest BCUT2D eigenvalue weighted by Crippen LogP contribution is 2.34. The summed E-state index contributed by atoms with van der Waals surface area (Å²) in [5, 5.41) is 13.1. The van der Waals surface area contributed by atoms with Crippen molar-refractivity contribution in [1.29, 1.82) is 0 Å². The molecule has 0 unspecified atom stereocenters. The monoisotopic (exact) mass is 268 g/mol. The summed E-state index contributed by atoms with van der Waals surface area (Å²) in [5.74, 6) is 1.36. The molecule has 0 bridgehead atoms. The van der Waals surface area contributed by atoms with Crippen LogP contribution in [-0.4, -0.2) is 27.0 Å². The van der Waals surface area contributed by atoms with Crippen molar-refractivity contribution in [3.05, 3.63) is 23.9 Å². The van der Waals surface area contributed by atoms with Crippen LogP contribution in [-0.2, 0) is 10.5 Å². The van der Waals surface area contributed by atoms with Gasteiger partial charge >= 0.3 is 5.97 Å². The lowest BCUT2D eigenvalue weighted by molar-refractivity contribution is -0.142. The van der Waals surface area contributed by atoms with E-state index in [0.717, 1.165) is 5.75 Å². The fourth-order valence-corrected chi connectivity index (χ4v) is 2.53. The van der Waals surface area contributed by atoms with E-state index >= 15 is 0 Å². The van der Waals surface area contributed by atoms with Crippen molar-refractivity contribution in [3.63, 3.8) is 0 Å². The number of rotatable bonds is 5. The molecule has 1 heterocycles. The molecule has 0 amide bonds. The van der Waals surface area contributed by atoms with E-state index in [9.17, 15) is 9.90 Å². The zero-order valence-electron chi connectivity index (χ0n) is 10.2. The minimum Gasteiger partial charge on any atom is -0.481 e. The Hall–Kier alpha value is -1.30. The Morgan fingerprint density at radius 1 is 1.56 bits per heavy atom. The van der Waals surface area contributed by atoms with Crippen LogP contribution in [0.25, 0.3) is 0 Å². The number of carboxylic acids is 1. The molecule has 2 atom stereocenters. The molecule has 1 aliphatic carbocycles. The maximum Gasteiger partial charge on any atom is 0.307 e. The second-order valence-electron chi connectivity index (χ2n) is 4.18. The first kappa shape index (κ1) is 13.1. The van der Waals surface area contributed by atoms with Crippen LogP contribution in [0.2, 0.25) is 0 Å². The van der Waals surface area contributed by atoms with Crippen LogP contribution in [0, 0.1) is 5.92 Å². The van der Waals surface area contributed by atoms with E-state index in [2.05, 4.69) is 17.1 Å². The zero-order chi connectivity index (χ0) is 13.0. The lowest BCUT2D eigenvalue weighted by Gasteiger charge is -2.21. The number of hydrogen-bond acceptors (Lipinski definition) is 5. The average Bonchev–Trinajstić information content (AvgIpc) is 2.85. The van der Waals surface area contributed by atoms with Crippen molar-refractivity contribution in [2.24, 2.45) is 5.92 Å². The van der Waals surface area contributed by atoms with Gasteiger partial charge in [-0.2, -0.15) is 16.7 Å². The second-order valence-corrected chi connectivity index (χ2v) is 5.45. The van der Waals surface area contributed by atoms with Gasteiger partial charge in [-0.25, -0.2) is 0 Å². The molecule has 1 aromatic heterocycles. The van der Waals surface area contributed by atoms with Crippen LogP contribution in [0.1, 0.15) is 37.4 Å². The van der Waals surface area contributed by atoms with E-state index in [4.69, 9.17) is 4.52 Å². The molecule has 1 N–H and O–H groups in total. The fraction of sp³-hybridized carbons (Fsp3) is 0.583. The van der Waals surface area contributed by atoms with Gasteiger partial charge in [0, 0.05) is 0 Å². The van der Waals surface area contributed by atoms with Crippen molar-refractivity contribution >= 4 is 17.7 Å². The third kappa shape index (κ3) is 2.93. The average molecular weight is 268 g/mol. The first-order valence-electron chi connectivity index (χ1n) is 6.00. The van der Waals surface area contributed by atoms with Crippen molar-refractivity contribution in [2.75, 3.05) is 5.75 Å². The number of carbonyl (C=O) groups is 1. The van der Waals surface area contributed by atoms with E-state index in [-0.39, 0.29) is 5.92 Å². The minimum absolute atomic E-state index is 0.194. The van der Waals surface area contributed by atoms with E-state index < -0.39 is 11.9 Å². The van der Waals surface area contributed by atoms with Crippen LogP contribution in [0.3, 0.4) is 0 Å². The highest BCUT2D eigenvalue weighted by atomic mass is 32.2. The van der Waals surface area contributed by atoms with Crippen LogP contribution in [0.4, 0.5) is 0 Å². The normalized spacial score (nSPS) is 23.2. The number of hydrogen-bond donors (Lipinski definition) is 1. The molecule has 6 heteroatoms. The summed E-state index contributed by atoms with van der Waals surface area (Å²) in [6, 6.07) is 0. The van der Waals surface area contributed by atoms with Crippen molar-refractivity contribution in [1.82, 2.24) is 10.1 Å². The Bertz CT molecular complexity index is 444. The van der Waals surface area contributed by atoms with E-state index in [1.165, 1.54) is 0 Å². The smallest absolute Gasteiger partial charge is 0.307 e. The summed E-state index contributed by atoms with van der Waals surface area (Å²) in [6.07, 6.45) is 5.06. The number of aliphatic carboxylic acids is 1. The predicted molar refractivity (Wildman–Crippen MR) is 68.4 cm³/mol. The molecule has 98 valence electrons. The van der Waals surface area contributed by atoms with Gasteiger partial charge in [0.05, 0.1) is 17.6 Å². The Morgan fingerprint density at radius 3 is 3.06 bits per heavy atom. The molecule has 5 nitrogen and oxygen atoms in total. The summed E-state index contributed by atoms with van der Waals surface area (Å²) in [4.78, 5) is 15.5. The highest BCUT2D eigenvalue weighted by molar-refractivity contribution is 7.98. The SMILES string of the molecule is CCSCc1noc([C@@H]2CC=CC[C@@H]2C(=O)O)n1. The molecule has 18 heavy (non-hydrogen) atoms. The molecule has 0 saturated carbocycles. The molecule has 0 spiro atoms. The molecule has 0 radical (unpaired) electrons. The molecule has 1 aliphatic rings. The number of allylic oxidation sites excluding steroid dienone is 2. The second kappa shape index (κ2) is 6.04. The van der Waals surface area contributed by atoms with Crippen LogP contribution in [0.5, 0.6) is 0 Å². The van der Waals surface area contributed by atoms with Gasteiger partial charge in [-0.3, -0.25) is 4.79 Å². The Morgan fingerprint density at radius 2 is 2.33 bits per heavy atom.